The fourth-order valence-corrected chi connectivity index (χ4v) is 0.496. The molecule has 0 aromatic heterocycles. The van der Waals surface area contributed by atoms with E-state index in [-0.39, 0.29) is 0 Å². The van der Waals surface area contributed by atoms with E-state index in [1.165, 1.54) is 0 Å². The lowest BCUT2D eigenvalue weighted by Crippen LogP contribution is -1.76. The molecule has 0 spiro atoms. The summed E-state index contributed by atoms with van der Waals surface area (Å²) in [7, 11) is 0. The van der Waals surface area contributed by atoms with Crippen LogP contribution in [0.2, 0.25) is 0 Å². The van der Waals surface area contributed by atoms with Gasteiger partial charge in [0.25, 0.3) is 0 Å². The van der Waals surface area contributed by atoms with E-state index in [9.17, 15) is 0 Å². The third kappa shape index (κ3) is 1.30. The van der Waals surface area contributed by atoms with E-state index in [0.29, 0.717) is 6.54 Å². The predicted octanol–water partition coefficient (Wildman–Crippen LogP) is 1.05. The summed E-state index contributed by atoms with van der Waals surface area (Å²) in [4.78, 5) is 8.01. The first-order chi connectivity index (χ1) is 3.89. The highest BCUT2D eigenvalue weighted by Gasteiger charge is 1.81. The Kier molecular flexibility index (Phi) is 1.57. The van der Waals surface area contributed by atoms with Crippen molar-refractivity contribution < 1.29 is 0 Å². The summed E-state index contributed by atoms with van der Waals surface area (Å²) in [6, 6.07) is 0. The normalized spacial score (nSPS) is 17.9. The highest BCUT2D eigenvalue weighted by atomic mass is 14.8. The molecule has 1 aliphatic rings. The van der Waals surface area contributed by atoms with Crippen LogP contribution in [0.3, 0.4) is 0 Å². The number of hydrogen-bond donors (Lipinski definition) is 0. The van der Waals surface area contributed by atoms with E-state index >= 15 is 0 Å². The summed E-state index contributed by atoms with van der Waals surface area (Å²) in [5.41, 5.74) is 1.02. The molecular formula is C6H8N2. The molecule has 0 bridgehead atoms. The Bertz CT molecular complexity index is 154. The van der Waals surface area contributed by atoms with Gasteiger partial charge in [0.05, 0.1) is 6.54 Å². The topological polar surface area (TPSA) is 24.7 Å². The summed E-state index contributed by atoms with van der Waals surface area (Å²) < 4.78 is 0. The summed E-state index contributed by atoms with van der Waals surface area (Å²) in [6.07, 6.45) is 5.47. The smallest absolute Gasteiger partial charge is 0.0742 e. The molecule has 0 aromatic carbocycles. The van der Waals surface area contributed by atoms with Gasteiger partial charge >= 0.3 is 0 Å². The molecule has 0 unspecified atom stereocenters. The second kappa shape index (κ2) is 2.40. The van der Waals surface area contributed by atoms with E-state index in [2.05, 4.69) is 9.98 Å². The number of nitrogens with zero attached hydrogens (tertiary/aromatic N) is 2. The highest BCUT2D eigenvalue weighted by molar-refractivity contribution is 5.77. The molecule has 1 aliphatic heterocycles. The molecule has 1 heterocycles. The first kappa shape index (κ1) is 5.22. The van der Waals surface area contributed by atoms with Gasteiger partial charge in [0.1, 0.15) is 0 Å². The summed E-state index contributed by atoms with van der Waals surface area (Å²) >= 11 is 0. The molecule has 42 valence electrons. The molecule has 0 radical (unpaired) electrons. The first-order valence-corrected chi connectivity index (χ1v) is 2.59. The average molecular weight is 108 g/mol. The molecule has 0 atom stereocenters. The number of aliphatic imine (C=N–C) groups is 2. The van der Waals surface area contributed by atoms with Gasteiger partial charge in [-0.15, -0.1) is 0 Å². The van der Waals surface area contributed by atoms with Gasteiger partial charge in [-0.2, -0.15) is 0 Å². The second-order valence-electron chi connectivity index (χ2n) is 1.63. The standard InChI is InChI=1S/C6H8N2/c1-6-2-3-7-4-5-8-6/h2-3,5H,4H2,1H3. The van der Waals surface area contributed by atoms with Crippen molar-refractivity contribution in [3.8, 4) is 0 Å². The van der Waals surface area contributed by atoms with Crippen LogP contribution < -0.4 is 0 Å². The maximum absolute atomic E-state index is 4.03. The van der Waals surface area contributed by atoms with Crippen LogP contribution in [0, 0.1) is 0 Å². The Morgan fingerprint density at radius 1 is 1.62 bits per heavy atom. The van der Waals surface area contributed by atoms with Crippen LogP contribution in [-0.2, 0) is 0 Å². The molecule has 1 rings (SSSR count). The largest absolute Gasteiger partial charge is 0.287 e. The van der Waals surface area contributed by atoms with Crippen molar-refractivity contribution >= 4 is 12.4 Å². The van der Waals surface area contributed by atoms with Crippen molar-refractivity contribution in [1.82, 2.24) is 0 Å². The minimum Gasteiger partial charge on any atom is -0.287 e. The Morgan fingerprint density at radius 3 is 3.38 bits per heavy atom. The Balaban J connectivity index is 2.73. The van der Waals surface area contributed by atoms with Gasteiger partial charge in [0.2, 0.25) is 0 Å². The van der Waals surface area contributed by atoms with E-state index in [4.69, 9.17) is 0 Å². The summed E-state index contributed by atoms with van der Waals surface area (Å²) in [6.45, 7) is 2.67. The molecule has 2 heteroatoms. The third-order valence-electron chi connectivity index (χ3n) is 0.903. The summed E-state index contributed by atoms with van der Waals surface area (Å²) in [5, 5.41) is 0. The van der Waals surface area contributed by atoms with Gasteiger partial charge in [-0.1, -0.05) is 0 Å². The van der Waals surface area contributed by atoms with Gasteiger partial charge in [-0.3, -0.25) is 9.98 Å². The molecule has 0 fully saturated rings. The van der Waals surface area contributed by atoms with Crippen LogP contribution in [0.5, 0.6) is 0 Å². The van der Waals surface area contributed by atoms with E-state index in [1.807, 2.05) is 13.0 Å². The first-order valence-electron chi connectivity index (χ1n) is 2.59. The molecule has 0 saturated carbocycles. The van der Waals surface area contributed by atoms with Gasteiger partial charge < -0.3 is 0 Å². The van der Waals surface area contributed by atoms with E-state index < -0.39 is 0 Å². The fourth-order valence-electron chi connectivity index (χ4n) is 0.496. The van der Waals surface area contributed by atoms with Crippen molar-refractivity contribution in [2.45, 2.75) is 6.92 Å². The molecule has 0 aromatic rings. The Hall–Kier alpha value is -0.920. The zero-order chi connectivity index (χ0) is 5.82. The minimum absolute atomic E-state index is 0.716. The molecule has 2 nitrogen and oxygen atoms in total. The van der Waals surface area contributed by atoms with Crippen LogP contribution in [0.25, 0.3) is 0 Å². The average Bonchev–Trinajstić information content (AvgIpc) is 1.94. The van der Waals surface area contributed by atoms with Crippen molar-refractivity contribution in [1.29, 1.82) is 0 Å². The van der Waals surface area contributed by atoms with Crippen LogP contribution in [0.15, 0.2) is 21.8 Å². The molecule has 8 heavy (non-hydrogen) atoms. The highest BCUT2D eigenvalue weighted by Crippen LogP contribution is 1.92. The zero-order valence-electron chi connectivity index (χ0n) is 4.83. The molecule has 0 saturated heterocycles. The maximum atomic E-state index is 4.03. The SMILES string of the molecule is CC1=CC=NCC=N1. The van der Waals surface area contributed by atoms with Crippen LogP contribution in [-0.4, -0.2) is 19.0 Å². The van der Waals surface area contributed by atoms with Gasteiger partial charge in [-0.05, 0) is 13.0 Å². The number of rotatable bonds is 0. The Morgan fingerprint density at radius 2 is 2.50 bits per heavy atom. The molecule has 0 N–H and O–H groups in total. The lowest BCUT2D eigenvalue weighted by molar-refractivity contribution is 1.30. The number of hydrogen-bond acceptors (Lipinski definition) is 2. The monoisotopic (exact) mass is 108 g/mol. The lowest BCUT2D eigenvalue weighted by Gasteiger charge is -1.80. The zero-order valence-corrected chi connectivity index (χ0v) is 4.83. The summed E-state index contributed by atoms with van der Waals surface area (Å²) in [5.74, 6) is 0. The van der Waals surface area contributed by atoms with E-state index in [0.717, 1.165) is 5.70 Å². The maximum Gasteiger partial charge on any atom is 0.0742 e. The predicted molar refractivity (Wildman–Crippen MR) is 35.6 cm³/mol. The van der Waals surface area contributed by atoms with Crippen molar-refractivity contribution in [2.75, 3.05) is 6.54 Å². The number of allylic oxidation sites excluding steroid dienone is 2. The quantitative estimate of drug-likeness (QED) is 0.443. The molecular weight excluding hydrogens is 100 g/mol. The van der Waals surface area contributed by atoms with Crippen LogP contribution in [0.4, 0.5) is 0 Å². The molecule has 0 aliphatic carbocycles. The fraction of sp³-hybridized carbons (Fsp3) is 0.333. The second-order valence-corrected chi connectivity index (χ2v) is 1.63. The van der Waals surface area contributed by atoms with Crippen molar-refractivity contribution in [3.05, 3.63) is 11.8 Å². The third-order valence-corrected chi connectivity index (χ3v) is 0.903. The van der Waals surface area contributed by atoms with Gasteiger partial charge in [0, 0.05) is 18.1 Å². The van der Waals surface area contributed by atoms with Crippen LogP contribution in [0.1, 0.15) is 6.92 Å². The molecule has 0 amide bonds. The van der Waals surface area contributed by atoms with Gasteiger partial charge in [-0.25, -0.2) is 0 Å². The van der Waals surface area contributed by atoms with Crippen molar-refractivity contribution in [2.24, 2.45) is 9.98 Å². The van der Waals surface area contributed by atoms with Crippen molar-refractivity contribution in [3.63, 3.8) is 0 Å². The van der Waals surface area contributed by atoms with E-state index in [1.54, 1.807) is 12.4 Å². The minimum atomic E-state index is 0.716. The van der Waals surface area contributed by atoms with Gasteiger partial charge in [0.15, 0.2) is 0 Å². The van der Waals surface area contributed by atoms with Crippen LogP contribution >= 0.6 is 0 Å². The Labute approximate surface area is 48.7 Å². The lowest BCUT2D eigenvalue weighted by atomic mass is 10.5.